The summed E-state index contributed by atoms with van der Waals surface area (Å²) < 4.78 is 5.35. The summed E-state index contributed by atoms with van der Waals surface area (Å²) in [5.41, 5.74) is 2.78. The first-order chi connectivity index (χ1) is 11.3. The van der Waals surface area contributed by atoms with Crippen LogP contribution in [0.1, 0.15) is 11.3 Å². The molecule has 1 aromatic carbocycles. The lowest BCUT2D eigenvalue weighted by Crippen LogP contribution is -1.86. The Balaban J connectivity index is 1.84. The summed E-state index contributed by atoms with van der Waals surface area (Å²) in [4.78, 5) is 14.5. The number of aromatic nitrogens is 2. The van der Waals surface area contributed by atoms with E-state index in [9.17, 15) is 4.91 Å². The van der Waals surface area contributed by atoms with Crippen molar-refractivity contribution in [3.63, 3.8) is 0 Å². The third-order valence-corrected chi connectivity index (χ3v) is 3.19. The Morgan fingerprint density at radius 3 is 2.74 bits per heavy atom. The highest BCUT2D eigenvalue weighted by molar-refractivity contribution is 5.68. The first-order valence-corrected chi connectivity index (χ1v) is 6.74. The molecule has 8 heteroatoms. The number of hydrogen-bond acceptors (Lipinski definition) is 7. The molecule has 0 unspecified atom stereocenters. The molecule has 0 fully saturated rings. The molecule has 0 amide bonds. The number of hydrogen-bond donors (Lipinski definition) is 1. The number of pyridine rings is 1. The standard InChI is InChI=1S/C15H12N6O2/c16-21-18-15-13(2-1-7-17-15)14-9-12(20-23-14)8-10-3-5-11(19-22)6-4-10/h1-7,9H,8H2,(H2,16,17,18). The molecule has 0 aliphatic heterocycles. The van der Waals surface area contributed by atoms with Crippen LogP contribution in [-0.4, -0.2) is 10.1 Å². The summed E-state index contributed by atoms with van der Waals surface area (Å²) in [6, 6.07) is 12.3. The van der Waals surface area contributed by atoms with Gasteiger partial charge in [0.25, 0.3) is 0 Å². The van der Waals surface area contributed by atoms with E-state index in [4.69, 9.17) is 10.4 Å². The molecule has 0 spiro atoms. The van der Waals surface area contributed by atoms with Crippen LogP contribution >= 0.6 is 0 Å². The van der Waals surface area contributed by atoms with E-state index in [0.717, 1.165) is 11.3 Å². The van der Waals surface area contributed by atoms with Gasteiger partial charge in [-0.25, -0.2) is 4.98 Å². The number of rotatable bonds is 5. The number of benzene rings is 1. The van der Waals surface area contributed by atoms with Gasteiger partial charge in [-0.1, -0.05) is 22.5 Å². The predicted octanol–water partition coefficient (Wildman–Crippen LogP) is 3.68. The molecule has 2 N–H and O–H groups in total. The van der Waals surface area contributed by atoms with Crippen LogP contribution in [0.5, 0.6) is 0 Å². The van der Waals surface area contributed by atoms with Crippen molar-refractivity contribution in [1.82, 2.24) is 10.1 Å². The Bertz CT molecular complexity index is 841. The molecule has 3 aromatic rings. The quantitative estimate of drug-likeness (QED) is 0.333. The van der Waals surface area contributed by atoms with Crippen molar-refractivity contribution in [2.45, 2.75) is 6.42 Å². The number of nitrogens with zero attached hydrogens (tertiary/aromatic N) is 5. The molecule has 0 saturated carbocycles. The number of nitrogens with two attached hydrogens (primary N) is 1. The van der Waals surface area contributed by atoms with Gasteiger partial charge in [-0.15, -0.1) is 10.0 Å². The summed E-state index contributed by atoms with van der Waals surface area (Å²) >= 11 is 0. The lowest BCUT2D eigenvalue weighted by Gasteiger charge is -1.98. The molecule has 23 heavy (non-hydrogen) atoms. The van der Waals surface area contributed by atoms with Gasteiger partial charge in [-0.3, -0.25) is 0 Å². The smallest absolute Gasteiger partial charge is 0.187 e. The lowest BCUT2D eigenvalue weighted by atomic mass is 10.1. The van der Waals surface area contributed by atoms with Gasteiger partial charge in [0.2, 0.25) is 0 Å². The average Bonchev–Trinajstić information content (AvgIpc) is 3.05. The summed E-state index contributed by atoms with van der Waals surface area (Å²) in [6.45, 7) is 0. The van der Waals surface area contributed by atoms with Gasteiger partial charge in [0.05, 0.1) is 11.3 Å². The third-order valence-electron chi connectivity index (χ3n) is 3.19. The first-order valence-electron chi connectivity index (χ1n) is 6.74. The fourth-order valence-corrected chi connectivity index (χ4v) is 2.13. The maximum atomic E-state index is 10.4. The highest BCUT2D eigenvalue weighted by atomic mass is 16.5. The van der Waals surface area contributed by atoms with Crippen LogP contribution in [0.3, 0.4) is 0 Å². The van der Waals surface area contributed by atoms with Gasteiger partial charge in [0, 0.05) is 18.7 Å². The van der Waals surface area contributed by atoms with E-state index in [-0.39, 0.29) is 0 Å². The Hall–Kier alpha value is -3.42. The second-order valence-electron chi connectivity index (χ2n) is 4.71. The zero-order valence-electron chi connectivity index (χ0n) is 12.0. The van der Waals surface area contributed by atoms with Crippen LogP contribution in [-0.2, 0) is 6.42 Å². The van der Waals surface area contributed by atoms with E-state index >= 15 is 0 Å². The van der Waals surface area contributed by atoms with Crippen molar-refractivity contribution < 1.29 is 4.52 Å². The largest absolute Gasteiger partial charge is 0.356 e. The topological polar surface area (TPSA) is 119 Å². The van der Waals surface area contributed by atoms with Gasteiger partial charge in [0.1, 0.15) is 5.69 Å². The molecule has 114 valence electrons. The zero-order valence-corrected chi connectivity index (χ0v) is 12.0. The van der Waals surface area contributed by atoms with Crippen LogP contribution in [0.2, 0.25) is 0 Å². The van der Waals surface area contributed by atoms with Crippen LogP contribution in [0.4, 0.5) is 11.5 Å². The second kappa shape index (κ2) is 6.56. The molecule has 0 saturated heterocycles. The predicted molar refractivity (Wildman–Crippen MR) is 83.1 cm³/mol. The summed E-state index contributed by atoms with van der Waals surface area (Å²) in [5, 5.41) is 13.9. The maximum Gasteiger partial charge on any atom is 0.187 e. The van der Waals surface area contributed by atoms with Gasteiger partial charge < -0.3 is 10.4 Å². The van der Waals surface area contributed by atoms with Crippen molar-refractivity contribution in [2.75, 3.05) is 0 Å². The molecular weight excluding hydrogens is 296 g/mol. The van der Waals surface area contributed by atoms with Crippen molar-refractivity contribution in [2.24, 2.45) is 21.4 Å². The van der Waals surface area contributed by atoms with E-state index < -0.39 is 0 Å². The van der Waals surface area contributed by atoms with Crippen molar-refractivity contribution >= 4 is 11.5 Å². The second-order valence-corrected chi connectivity index (χ2v) is 4.71. The zero-order chi connectivity index (χ0) is 16.1. The van der Waals surface area contributed by atoms with Gasteiger partial charge in [-0.05, 0) is 35.0 Å². The Morgan fingerprint density at radius 1 is 1.17 bits per heavy atom. The average molecular weight is 308 g/mol. The molecule has 0 atom stereocenters. The van der Waals surface area contributed by atoms with E-state index in [1.165, 1.54) is 0 Å². The molecule has 3 rings (SSSR count). The summed E-state index contributed by atoms with van der Waals surface area (Å²) in [5.74, 6) is 5.97. The molecule has 2 heterocycles. The van der Waals surface area contributed by atoms with E-state index in [2.05, 4.69) is 25.7 Å². The van der Waals surface area contributed by atoms with Crippen LogP contribution in [0.15, 0.2) is 68.7 Å². The van der Waals surface area contributed by atoms with Crippen molar-refractivity contribution in [3.8, 4) is 11.3 Å². The SMILES string of the molecule is NN=Nc1ncccc1-c1cc(Cc2ccc(N=O)cc2)no1. The molecule has 0 radical (unpaired) electrons. The molecule has 0 bridgehead atoms. The molecule has 0 aliphatic carbocycles. The minimum atomic E-state index is 0.360. The Labute approximate surface area is 131 Å². The van der Waals surface area contributed by atoms with Gasteiger partial charge in [0.15, 0.2) is 11.6 Å². The van der Waals surface area contributed by atoms with E-state index in [1.807, 2.05) is 12.1 Å². The fourth-order valence-electron chi connectivity index (χ4n) is 2.13. The Morgan fingerprint density at radius 2 is 2.00 bits per heavy atom. The Kier molecular flexibility index (Phi) is 4.14. The van der Waals surface area contributed by atoms with Gasteiger partial charge >= 0.3 is 0 Å². The van der Waals surface area contributed by atoms with Crippen LogP contribution in [0.25, 0.3) is 11.3 Å². The molecular formula is C15H12N6O2. The minimum Gasteiger partial charge on any atom is -0.356 e. The van der Waals surface area contributed by atoms with Gasteiger partial charge in [-0.2, -0.15) is 0 Å². The van der Waals surface area contributed by atoms with E-state index in [1.54, 1.807) is 36.5 Å². The lowest BCUT2D eigenvalue weighted by molar-refractivity contribution is 0.425. The minimum absolute atomic E-state index is 0.360. The highest BCUT2D eigenvalue weighted by Gasteiger charge is 2.12. The number of nitroso groups, excluding NO2 is 1. The normalized spacial score (nSPS) is 11.0. The molecule has 0 aliphatic rings. The van der Waals surface area contributed by atoms with E-state index in [0.29, 0.717) is 29.2 Å². The van der Waals surface area contributed by atoms with Crippen molar-refractivity contribution in [1.29, 1.82) is 0 Å². The van der Waals surface area contributed by atoms with Crippen molar-refractivity contribution in [3.05, 3.63) is 64.8 Å². The first kappa shape index (κ1) is 14.5. The summed E-state index contributed by atoms with van der Waals surface area (Å²) in [7, 11) is 0. The monoisotopic (exact) mass is 308 g/mol. The third kappa shape index (κ3) is 3.26. The van der Waals surface area contributed by atoms with Crippen LogP contribution in [0, 0.1) is 4.91 Å². The summed E-state index contributed by atoms with van der Waals surface area (Å²) in [6.07, 6.45) is 2.16. The highest BCUT2D eigenvalue weighted by Crippen LogP contribution is 2.29. The van der Waals surface area contributed by atoms with Crippen LogP contribution < -0.4 is 5.84 Å². The molecule has 8 nitrogen and oxygen atoms in total. The fraction of sp³-hybridized carbons (Fsp3) is 0.0667. The maximum absolute atomic E-state index is 10.4. The molecule has 2 aromatic heterocycles.